The number of nitrogens with two attached hydrogens (primary N) is 1. The van der Waals surface area contributed by atoms with Crippen LogP contribution >= 0.6 is 0 Å². The average molecular weight is 269 g/mol. The van der Waals surface area contributed by atoms with Gasteiger partial charge in [0, 0.05) is 23.7 Å². The number of benzene rings is 1. The molecule has 0 radical (unpaired) electrons. The summed E-state index contributed by atoms with van der Waals surface area (Å²) in [5.41, 5.74) is 4.79. The van der Waals surface area contributed by atoms with Crippen LogP contribution in [0.4, 0.5) is 15.8 Å². The molecule has 0 bridgehead atoms. The number of halogens is 1. The Labute approximate surface area is 109 Å². The summed E-state index contributed by atoms with van der Waals surface area (Å²) in [4.78, 5) is 21.3. The van der Waals surface area contributed by atoms with Crippen molar-refractivity contribution in [3.63, 3.8) is 0 Å². The van der Waals surface area contributed by atoms with Crippen LogP contribution in [0, 0.1) is 15.9 Å². The molecular formula is C12H16FN3O3. The summed E-state index contributed by atoms with van der Waals surface area (Å²) in [7, 11) is 0. The van der Waals surface area contributed by atoms with Gasteiger partial charge in [-0.15, -0.1) is 0 Å². The van der Waals surface area contributed by atoms with Gasteiger partial charge in [-0.05, 0) is 32.4 Å². The molecule has 1 rings (SSSR count). The predicted molar refractivity (Wildman–Crippen MR) is 69.2 cm³/mol. The lowest BCUT2D eigenvalue weighted by Gasteiger charge is -2.17. The fraction of sp³-hybridized carbons (Fsp3) is 0.417. The summed E-state index contributed by atoms with van der Waals surface area (Å²) >= 11 is 0. The van der Waals surface area contributed by atoms with Crippen molar-refractivity contribution >= 4 is 17.3 Å². The number of hydrogen-bond acceptors (Lipinski definition) is 4. The SMILES string of the molecule is CC(C)(N)CCC(=O)Nc1ccc(F)c([N+](=O)[O-])c1. The van der Waals surface area contributed by atoms with Gasteiger partial charge in [-0.25, -0.2) is 0 Å². The standard InChI is InChI=1S/C12H16FN3O3/c1-12(2,14)6-5-11(17)15-8-3-4-9(13)10(7-8)16(18)19/h3-4,7H,5-6,14H2,1-2H3,(H,15,17). The Morgan fingerprint density at radius 1 is 1.53 bits per heavy atom. The molecule has 0 saturated heterocycles. The molecular weight excluding hydrogens is 253 g/mol. The summed E-state index contributed by atoms with van der Waals surface area (Å²) in [6.45, 7) is 3.59. The highest BCUT2D eigenvalue weighted by atomic mass is 19.1. The van der Waals surface area contributed by atoms with Crippen molar-refractivity contribution in [1.29, 1.82) is 0 Å². The van der Waals surface area contributed by atoms with E-state index >= 15 is 0 Å². The molecule has 1 amide bonds. The topological polar surface area (TPSA) is 98.3 Å². The smallest absolute Gasteiger partial charge is 0.306 e. The first-order valence-electron chi connectivity index (χ1n) is 5.72. The predicted octanol–water partition coefficient (Wildman–Crippen LogP) is 2.19. The highest BCUT2D eigenvalue weighted by molar-refractivity contribution is 5.91. The Hall–Kier alpha value is -2.02. The summed E-state index contributed by atoms with van der Waals surface area (Å²) < 4.78 is 13.1. The van der Waals surface area contributed by atoms with Gasteiger partial charge in [0.25, 0.3) is 0 Å². The Bertz CT molecular complexity index is 497. The van der Waals surface area contributed by atoms with Gasteiger partial charge in [-0.2, -0.15) is 4.39 Å². The van der Waals surface area contributed by atoms with Gasteiger partial charge in [-0.1, -0.05) is 0 Å². The second-order valence-electron chi connectivity index (χ2n) is 4.96. The molecule has 6 nitrogen and oxygen atoms in total. The zero-order valence-electron chi connectivity index (χ0n) is 10.8. The molecule has 0 aliphatic rings. The van der Waals surface area contributed by atoms with E-state index in [1.807, 2.05) is 0 Å². The summed E-state index contributed by atoms with van der Waals surface area (Å²) in [5.74, 6) is -1.26. The fourth-order valence-electron chi connectivity index (χ4n) is 1.39. The molecule has 0 fully saturated rings. The number of nitrogens with one attached hydrogen (secondary N) is 1. The molecule has 0 atom stereocenters. The number of rotatable bonds is 5. The third-order valence-corrected chi connectivity index (χ3v) is 2.42. The monoisotopic (exact) mass is 269 g/mol. The number of amides is 1. The van der Waals surface area contributed by atoms with Gasteiger partial charge in [-0.3, -0.25) is 14.9 Å². The van der Waals surface area contributed by atoms with Crippen LogP contribution < -0.4 is 11.1 Å². The molecule has 0 aromatic heterocycles. The largest absolute Gasteiger partial charge is 0.326 e. The van der Waals surface area contributed by atoms with Crippen LogP contribution in [-0.4, -0.2) is 16.4 Å². The van der Waals surface area contributed by atoms with Gasteiger partial charge in [0.2, 0.25) is 11.7 Å². The van der Waals surface area contributed by atoms with Crippen molar-refractivity contribution in [2.24, 2.45) is 5.73 Å². The molecule has 1 aromatic carbocycles. The van der Waals surface area contributed by atoms with Crippen LogP contribution in [0.3, 0.4) is 0 Å². The maximum Gasteiger partial charge on any atom is 0.306 e. The highest BCUT2D eigenvalue weighted by Crippen LogP contribution is 2.22. The van der Waals surface area contributed by atoms with E-state index in [1.54, 1.807) is 13.8 Å². The van der Waals surface area contributed by atoms with E-state index in [2.05, 4.69) is 5.32 Å². The number of hydrogen-bond donors (Lipinski definition) is 2. The van der Waals surface area contributed by atoms with Crippen LogP contribution in [-0.2, 0) is 4.79 Å². The maximum absolute atomic E-state index is 13.1. The van der Waals surface area contributed by atoms with Gasteiger partial charge in [0.05, 0.1) is 4.92 Å². The van der Waals surface area contributed by atoms with E-state index in [-0.39, 0.29) is 18.0 Å². The number of nitro benzene ring substituents is 1. The van der Waals surface area contributed by atoms with Gasteiger partial charge >= 0.3 is 5.69 Å². The molecule has 7 heteroatoms. The average Bonchev–Trinajstić information content (AvgIpc) is 2.28. The minimum absolute atomic E-state index is 0.188. The first-order valence-corrected chi connectivity index (χ1v) is 5.72. The van der Waals surface area contributed by atoms with Crippen molar-refractivity contribution in [1.82, 2.24) is 0 Å². The van der Waals surface area contributed by atoms with E-state index in [4.69, 9.17) is 5.73 Å². The zero-order valence-corrected chi connectivity index (χ0v) is 10.8. The minimum Gasteiger partial charge on any atom is -0.326 e. The Morgan fingerprint density at radius 3 is 2.68 bits per heavy atom. The van der Waals surface area contributed by atoms with Crippen LogP contribution in [0.2, 0.25) is 0 Å². The van der Waals surface area contributed by atoms with Crippen LogP contribution in [0.15, 0.2) is 18.2 Å². The van der Waals surface area contributed by atoms with E-state index in [1.165, 1.54) is 6.07 Å². The molecule has 3 N–H and O–H groups in total. The molecule has 0 unspecified atom stereocenters. The van der Waals surface area contributed by atoms with Crippen molar-refractivity contribution in [2.75, 3.05) is 5.32 Å². The molecule has 1 aromatic rings. The summed E-state index contributed by atoms with van der Waals surface area (Å²) in [6.07, 6.45) is 0.663. The molecule has 0 spiro atoms. The number of nitrogens with zero attached hydrogens (tertiary/aromatic N) is 1. The zero-order chi connectivity index (χ0) is 14.6. The third-order valence-electron chi connectivity index (χ3n) is 2.42. The fourth-order valence-corrected chi connectivity index (χ4v) is 1.39. The second kappa shape index (κ2) is 5.75. The van der Waals surface area contributed by atoms with Crippen molar-refractivity contribution in [3.8, 4) is 0 Å². The Balaban J connectivity index is 2.70. The van der Waals surface area contributed by atoms with E-state index in [0.717, 1.165) is 12.1 Å². The van der Waals surface area contributed by atoms with E-state index in [0.29, 0.717) is 6.42 Å². The lowest BCUT2D eigenvalue weighted by Crippen LogP contribution is -2.33. The van der Waals surface area contributed by atoms with Crippen molar-refractivity contribution in [2.45, 2.75) is 32.2 Å². The maximum atomic E-state index is 13.1. The van der Waals surface area contributed by atoms with Gasteiger partial charge in [0.15, 0.2) is 0 Å². The van der Waals surface area contributed by atoms with E-state index in [9.17, 15) is 19.3 Å². The lowest BCUT2D eigenvalue weighted by molar-refractivity contribution is -0.387. The van der Waals surface area contributed by atoms with Gasteiger partial charge in [0.1, 0.15) is 0 Å². The molecule has 0 heterocycles. The Kier molecular flexibility index (Phi) is 4.55. The quantitative estimate of drug-likeness (QED) is 0.632. The first-order chi connectivity index (χ1) is 8.69. The minimum atomic E-state index is -0.939. The van der Waals surface area contributed by atoms with E-state index < -0.39 is 22.0 Å². The number of anilines is 1. The first kappa shape index (κ1) is 15.0. The van der Waals surface area contributed by atoms with Crippen LogP contribution in [0.1, 0.15) is 26.7 Å². The number of nitro groups is 1. The highest BCUT2D eigenvalue weighted by Gasteiger charge is 2.16. The molecule has 19 heavy (non-hydrogen) atoms. The van der Waals surface area contributed by atoms with Crippen molar-refractivity contribution < 1.29 is 14.1 Å². The van der Waals surface area contributed by atoms with Crippen molar-refractivity contribution in [3.05, 3.63) is 34.1 Å². The van der Waals surface area contributed by atoms with Crippen LogP contribution in [0.5, 0.6) is 0 Å². The molecule has 104 valence electrons. The Morgan fingerprint density at radius 2 is 2.16 bits per heavy atom. The molecule has 0 aliphatic heterocycles. The summed E-state index contributed by atoms with van der Waals surface area (Å²) in [5, 5.41) is 13.0. The van der Waals surface area contributed by atoms with Gasteiger partial charge < -0.3 is 11.1 Å². The summed E-state index contributed by atoms with van der Waals surface area (Å²) in [6, 6.07) is 3.20. The number of carbonyl (C=O) groups is 1. The second-order valence-corrected chi connectivity index (χ2v) is 4.96. The van der Waals surface area contributed by atoms with Crippen LogP contribution in [0.25, 0.3) is 0 Å². The third kappa shape index (κ3) is 5.01. The lowest BCUT2D eigenvalue weighted by atomic mass is 10.00. The molecule has 0 aliphatic carbocycles. The normalized spacial score (nSPS) is 11.2. The number of carbonyl (C=O) groups excluding carboxylic acids is 1. The molecule has 0 saturated carbocycles.